The summed E-state index contributed by atoms with van der Waals surface area (Å²) in [6.07, 6.45) is 5.40. The Morgan fingerprint density at radius 1 is 1.40 bits per heavy atom. The Bertz CT molecular complexity index is 506. The lowest BCUT2D eigenvalue weighted by Crippen LogP contribution is -2.17. The first-order valence-corrected chi connectivity index (χ1v) is 5.62. The van der Waals surface area contributed by atoms with Crippen molar-refractivity contribution in [3.8, 4) is 0 Å². The molecule has 0 bridgehead atoms. The van der Waals surface area contributed by atoms with Crippen LogP contribution in [0, 0.1) is 0 Å². The van der Waals surface area contributed by atoms with Crippen molar-refractivity contribution in [3.05, 3.63) is 35.5 Å². The molecule has 1 aromatic carbocycles. The van der Waals surface area contributed by atoms with Gasteiger partial charge in [0.1, 0.15) is 0 Å². The Kier molecular flexibility index (Phi) is 1.71. The van der Waals surface area contributed by atoms with Crippen molar-refractivity contribution in [2.45, 2.75) is 31.7 Å². The van der Waals surface area contributed by atoms with Gasteiger partial charge in [0.15, 0.2) is 0 Å². The number of nitrogens with two attached hydrogens (primary N) is 1. The van der Waals surface area contributed by atoms with E-state index in [1.54, 1.807) is 0 Å². The number of aryl methyl sites for hydroxylation is 1. The van der Waals surface area contributed by atoms with Crippen LogP contribution in [0.3, 0.4) is 0 Å². The minimum atomic E-state index is -0.0357. The molecular weight excluding hydrogens is 184 g/mol. The predicted molar refractivity (Wildman–Crippen MR) is 62.8 cm³/mol. The molecule has 3 N–H and O–H groups in total. The number of H-pyrrole nitrogens is 1. The van der Waals surface area contributed by atoms with Crippen molar-refractivity contribution in [2.75, 3.05) is 0 Å². The Morgan fingerprint density at radius 3 is 2.87 bits per heavy atom. The van der Waals surface area contributed by atoms with Gasteiger partial charge in [-0.1, -0.05) is 19.1 Å². The zero-order valence-electron chi connectivity index (χ0n) is 9.01. The third-order valence-electron chi connectivity index (χ3n) is 3.48. The highest BCUT2D eigenvalue weighted by Crippen LogP contribution is 2.45. The fraction of sp³-hybridized carbons (Fsp3) is 0.385. The summed E-state index contributed by atoms with van der Waals surface area (Å²) in [6, 6.07) is 6.63. The fourth-order valence-electron chi connectivity index (χ4n) is 2.21. The van der Waals surface area contributed by atoms with Crippen LogP contribution in [0.5, 0.6) is 0 Å². The first-order chi connectivity index (χ1) is 7.23. The molecule has 1 aliphatic carbocycles. The average molecular weight is 200 g/mol. The Morgan fingerprint density at radius 2 is 2.20 bits per heavy atom. The number of fused-ring (bicyclic) bond motifs is 1. The second-order valence-corrected chi connectivity index (χ2v) is 4.59. The highest BCUT2D eigenvalue weighted by molar-refractivity contribution is 5.85. The largest absolute Gasteiger partial charge is 0.361 e. The van der Waals surface area contributed by atoms with Gasteiger partial charge in [0, 0.05) is 22.6 Å². The van der Waals surface area contributed by atoms with E-state index in [1.807, 2.05) is 0 Å². The number of aromatic nitrogens is 1. The van der Waals surface area contributed by atoms with Gasteiger partial charge in [0.05, 0.1) is 0 Å². The summed E-state index contributed by atoms with van der Waals surface area (Å²) in [5.41, 5.74) is 10.1. The lowest BCUT2D eigenvalue weighted by molar-refractivity contribution is 0.747. The summed E-state index contributed by atoms with van der Waals surface area (Å²) >= 11 is 0. The van der Waals surface area contributed by atoms with Crippen LogP contribution >= 0.6 is 0 Å². The molecule has 0 saturated heterocycles. The second-order valence-electron chi connectivity index (χ2n) is 4.59. The van der Waals surface area contributed by atoms with E-state index in [2.05, 4.69) is 36.3 Å². The summed E-state index contributed by atoms with van der Waals surface area (Å²) in [7, 11) is 0. The van der Waals surface area contributed by atoms with E-state index in [4.69, 9.17) is 5.73 Å². The number of rotatable bonds is 2. The maximum absolute atomic E-state index is 6.23. The van der Waals surface area contributed by atoms with Gasteiger partial charge in [-0.25, -0.2) is 0 Å². The van der Waals surface area contributed by atoms with Crippen molar-refractivity contribution in [3.63, 3.8) is 0 Å². The maximum Gasteiger partial charge on any atom is 0.0460 e. The fourth-order valence-corrected chi connectivity index (χ4v) is 2.21. The topological polar surface area (TPSA) is 41.8 Å². The quantitative estimate of drug-likeness (QED) is 0.769. The number of hydrogen-bond donors (Lipinski definition) is 2. The SMILES string of the molecule is CCc1ccc2c(C3(N)CC3)c[nH]c2c1. The molecule has 1 aromatic heterocycles. The minimum absolute atomic E-state index is 0.0357. The standard InChI is InChI=1S/C13H16N2/c1-2-9-3-4-10-11(13(14)5-6-13)8-15-12(10)7-9/h3-4,7-8,15H,2,5-6,14H2,1H3. The summed E-state index contributed by atoms with van der Waals surface area (Å²) in [5.74, 6) is 0. The van der Waals surface area contributed by atoms with Crippen LogP contribution in [0.2, 0.25) is 0 Å². The highest BCUT2D eigenvalue weighted by atomic mass is 14.8. The van der Waals surface area contributed by atoms with Gasteiger partial charge in [0.2, 0.25) is 0 Å². The zero-order chi connectivity index (χ0) is 10.5. The third kappa shape index (κ3) is 1.29. The molecule has 3 rings (SSSR count). The van der Waals surface area contributed by atoms with Crippen molar-refractivity contribution in [1.82, 2.24) is 4.98 Å². The van der Waals surface area contributed by atoms with Gasteiger partial charge in [-0.15, -0.1) is 0 Å². The molecule has 1 heterocycles. The van der Waals surface area contributed by atoms with Crippen molar-refractivity contribution in [2.24, 2.45) is 5.73 Å². The number of aromatic amines is 1. The predicted octanol–water partition coefficient (Wildman–Crippen LogP) is 2.68. The molecule has 1 fully saturated rings. The van der Waals surface area contributed by atoms with Crippen molar-refractivity contribution in [1.29, 1.82) is 0 Å². The van der Waals surface area contributed by atoms with E-state index in [0.717, 1.165) is 19.3 Å². The summed E-state index contributed by atoms with van der Waals surface area (Å²) in [4.78, 5) is 3.33. The molecule has 0 atom stereocenters. The van der Waals surface area contributed by atoms with Gasteiger partial charge in [-0.2, -0.15) is 0 Å². The van der Waals surface area contributed by atoms with E-state index in [-0.39, 0.29) is 5.54 Å². The van der Waals surface area contributed by atoms with E-state index in [0.29, 0.717) is 0 Å². The van der Waals surface area contributed by atoms with Crippen LogP contribution in [0.1, 0.15) is 30.9 Å². The summed E-state index contributed by atoms with van der Waals surface area (Å²) in [5, 5.41) is 1.30. The average Bonchev–Trinajstić information content (AvgIpc) is 2.86. The first-order valence-electron chi connectivity index (χ1n) is 5.62. The Labute approximate surface area is 89.5 Å². The van der Waals surface area contributed by atoms with Crippen LogP contribution in [0.15, 0.2) is 24.4 Å². The second kappa shape index (κ2) is 2.86. The summed E-state index contributed by atoms with van der Waals surface area (Å²) < 4.78 is 0. The van der Waals surface area contributed by atoms with E-state index in [1.165, 1.54) is 22.0 Å². The molecule has 0 aliphatic heterocycles. The molecular formula is C13H16N2. The van der Waals surface area contributed by atoms with Crippen LogP contribution in [-0.2, 0) is 12.0 Å². The molecule has 0 unspecified atom stereocenters. The third-order valence-corrected chi connectivity index (χ3v) is 3.48. The molecule has 0 amide bonds. The molecule has 1 aliphatic rings. The lowest BCUT2D eigenvalue weighted by atomic mass is 10.0. The Balaban J connectivity index is 2.18. The molecule has 0 spiro atoms. The van der Waals surface area contributed by atoms with Gasteiger partial charge in [-0.3, -0.25) is 0 Å². The molecule has 2 heteroatoms. The van der Waals surface area contributed by atoms with Gasteiger partial charge >= 0.3 is 0 Å². The van der Waals surface area contributed by atoms with E-state index in [9.17, 15) is 0 Å². The van der Waals surface area contributed by atoms with Crippen LogP contribution in [0.4, 0.5) is 0 Å². The first kappa shape index (κ1) is 8.98. The van der Waals surface area contributed by atoms with Gasteiger partial charge in [0.25, 0.3) is 0 Å². The maximum atomic E-state index is 6.23. The van der Waals surface area contributed by atoms with Crippen LogP contribution < -0.4 is 5.73 Å². The smallest absolute Gasteiger partial charge is 0.0460 e. The highest BCUT2D eigenvalue weighted by Gasteiger charge is 2.41. The number of benzene rings is 1. The normalized spacial score (nSPS) is 18.3. The Hall–Kier alpha value is -1.28. The van der Waals surface area contributed by atoms with Crippen molar-refractivity contribution >= 4 is 10.9 Å². The monoisotopic (exact) mass is 200 g/mol. The van der Waals surface area contributed by atoms with E-state index < -0.39 is 0 Å². The molecule has 2 nitrogen and oxygen atoms in total. The molecule has 78 valence electrons. The minimum Gasteiger partial charge on any atom is -0.361 e. The van der Waals surface area contributed by atoms with Crippen LogP contribution in [0.25, 0.3) is 10.9 Å². The van der Waals surface area contributed by atoms with Crippen LogP contribution in [-0.4, -0.2) is 4.98 Å². The molecule has 0 radical (unpaired) electrons. The summed E-state index contributed by atoms with van der Waals surface area (Å²) in [6.45, 7) is 2.18. The number of hydrogen-bond acceptors (Lipinski definition) is 1. The lowest BCUT2D eigenvalue weighted by Gasteiger charge is -2.06. The molecule has 15 heavy (non-hydrogen) atoms. The number of nitrogens with one attached hydrogen (secondary N) is 1. The molecule has 1 saturated carbocycles. The van der Waals surface area contributed by atoms with Crippen molar-refractivity contribution < 1.29 is 0 Å². The zero-order valence-corrected chi connectivity index (χ0v) is 9.01. The van der Waals surface area contributed by atoms with E-state index >= 15 is 0 Å². The molecule has 2 aromatic rings. The van der Waals surface area contributed by atoms with Gasteiger partial charge < -0.3 is 10.7 Å². The van der Waals surface area contributed by atoms with Gasteiger partial charge in [-0.05, 0) is 36.5 Å².